The Balaban J connectivity index is 3.05. The zero-order valence-corrected chi connectivity index (χ0v) is 8.92. The van der Waals surface area contributed by atoms with Gasteiger partial charge in [0.1, 0.15) is 5.82 Å². The van der Waals surface area contributed by atoms with Crippen LogP contribution in [0, 0.1) is 5.82 Å². The van der Waals surface area contributed by atoms with Crippen molar-refractivity contribution in [3.63, 3.8) is 0 Å². The summed E-state index contributed by atoms with van der Waals surface area (Å²) >= 11 is 3.09. The number of hydrogen-bond donors (Lipinski definition) is 1. The number of halogens is 2. The smallest absolute Gasteiger partial charge is 0.339 e. The van der Waals surface area contributed by atoms with E-state index in [9.17, 15) is 14.3 Å². The third kappa shape index (κ3) is 2.30. The summed E-state index contributed by atoms with van der Waals surface area (Å²) in [4.78, 5) is 11.0. The number of hydrogen-bond acceptors (Lipinski definition) is 3. The van der Waals surface area contributed by atoms with E-state index < -0.39 is 17.9 Å². The van der Waals surface area contributed by atoms with Crippen LogP contribution in [0.3, 0.4) is 0 Å². The van der Waals surface area contributed by atoms with Crippen molar-refractivity contribution in [1.82, 2.24) is 0 Å². The Kier molecular flexibility index (Phi) is 3.60. The fraction of sp³-hybridized carbons (Fsp3) is 0.222. The van der Waals surface area contributed by atoms with Crippen LogP contribution in [0.15, 0.2) is 22.7 Å². The van der Waals surface area contributed by atoms with Gasteiger partial charge in [0.15, 0.2) is 6.10 Å². The van der Waals surface area contributed by atoms with E-state index in [1.54, 1.807) is 0 Å². The van der Waals surface area contributed by atoms with Crippen LogP contribution in [0.1, 0.15) is 11.7 Å². The number of esters is 1. The molecule has 76 valence electrons. The third-order valence-corrected chi connectivity index (χ3v) is 2.40. The molecule has 0 heterocycles. The van der Waals surface area contributed by atoms with Gasteiger partial charge in [0.2, 0.25) is 0 Å². The zero-order valence-electron chi connectivity index (χ0n) is 7.33. The fourth-order valence-electron chi connectivity index (χ4n) is 0.963. The average molecular weight is 263 g/mol. The van der Waals surface area contributed by atoms with E-state index in [1.807, 2.05) is 0 Å². The number of ether oxygens (including phenoxy) is 1. The minimum Gasteiger partial charge on any atom is -0.467 e. The molecule has 0 spiro atoms. The molecule has 1 N–H and O–H groups in total. The molecular weight excluding hydrogens is 255 g/mol. The first-order valence-corrected chi connectivity index (χ1v) is 4.56. The molecule has 0 bridgehead atoms. The van der Waals surface area contributed by atoms with E-state index in [0.717, 1.165) is 13.2 Å². The fourth-order valence-corrected chi connectivity index (χ4v) is 1.43. The van der Waals surface area contributed by atoms with E-state index in [2.05, 4.69) is 20.7 Å². The maximum absolute atomic E-state index is 12.8. The lowest BCUT2D eigenvalue weighted by molar-refractivity contribution is -0.150. The molecule has 0 aliphatic rings. The van der Waals surface area contributed by atoms with Gasteiger partial charge in [-0.3, -0.25) is 0 Å². The highest BCUT2D eigenvalue weighted by atomic mass is 79.9. The highest BCUT2D eigenvalue weighted by Gasteiger charge is 2.20. The number of methoxy groups -OCH3 is 1. The molecule has 3 nitrogen and oxygen atoms in total. The maximum Gasteiger partial charge on any atom is 0.339 e. The van der Waals surface area contributed by atoms with Crippen molar-refractivity contribution in [2.24, 2.45) is 0 Å². The minimum absolute atomic E-state index is 0.150. The third-order valence-electron chi connectivity index (χ3n) is 1.68. The molecule has 0 unspecified atom stereocenters. The predicted molar refractivity (Wildman–Crippen MR) is 51.1 cm³/mol. The molecule has 0 fully saturated rings. The van der Waals surface area contributed by atoms with Crippen LogP contribution >= 0.6 is 15.9 Å². The molecule has 0 aliphatic heterocycles. The van der Waals surface area contributed by atoms with Gasteiger partial charge in [-0.15, -0.1) is 0 Å². The number of carbonyl (C=O) groups excluding carboxylic acids is 1. The van der Waals surface area contributed by atoms with Crippen LogP contribution in [0.2, 0.25) is 0 Å². The van der Waals surface area contributed by atoms with Crippen molar-refractivity contribution in [2.45, 2.75) is 6.10 Å². The average Bonchev–Trinajstić information content (AvgIpc) is 2.19. The molecule has 0 radical (unpaired) electrons. The Morgan fingerprint density at radius 1 is 1.64 bits per heavy atom. The molecule has 0 amide bonds. The van der Waals surface area contributed by atoms with Crippen molar-refractivity contribution in [3.05, 3.63) is 34.1 Å². The van der Waals surface area contributed by atoms with Crippen molar-refractivity contribution in [2.75, 3.05) is 7.11 Å². The number of benzene rings is 1. The summed E-state index contributed by atoms with van der Waals surface area (Å²) in [7, 11) is 1.15. The lowest BCUT2D eigenvalue weighted by Gasteiger charge is -2.10. The molecule has 1 aromatic rings. The van der Waals surface area contributed by atoms with Crippen LogP contribution in [0.4, 0.5) is 4.39 Å². The molecule has 1 rings (SSSR count). The Hall–Kier alpha value is -0.940. The van der Waals surface area contributed by atoms with Gasteiger partial charge < -0.3 is 9.84 Å². The SMILES string of the molecule is COC(=O)[C@H](O)c1cc(F)ccc1Br. The van der Waals surface area contributed by atoms with E-state index in [1.165, 1.54) is 12.1 Å². The summed E-state index contributed by atoms with van der Waals surface area (Å²) in [5, 5.41) is 9.42. The summed E-state index contributed by atoms with van der Waals surface area (Å²) < 4.78 is 17.6. The molecule has 0 aliphatic carbocycles. The largest absolute Gasteiger partial charge is 0.467 e. The summed E-state index contributed by atoms with van der Waals surface area (Å²) in [6.45, 7) is 0. The number of aliphatic hydroxyl groups is 1. The highest BCUT2D eigenvalue weighted by Crippen LogP contribution is 2.24. The van der Waals surface area contributed by atoms with Gasteiger partial charge >= 0.3 is 5.97 Å². The Bertz CT molecular complexity index is 354. The molecule has 5 heteroatoms. The summed E-state index contributed by atoms with van der Waals surface area (Å²) in [6.07, 6.45) is -1.47. The van der Waals surface area contributed by atoms with Gasteiger partial charge in [-0.25, -0.2) is 9.18 Å². The Labute approximate surface area is 88.6 Å². The minimum atomic E-state index is -1.47. The summed E-state index contributed by atoms with van der Waals surface area (Å²) in [5.41, 5.74) is 0.150. The van der Waals surface area contributed by atoms with Crippen molar-refractivity contribution in [1.29, 1.82) is 0 Å². The monoisotopic (exact) mass is 262 g/mol. The second-order valence-electron chi connectivity index (χ2n) is 2.59. The number of rotatable bonds is 2. The topological polar surface area (TPSA) is 46.5 Å². The molecule has 0 aromatic heterocycles. The second kappa shape index (κ2) is 4.52. The number of aliphatic hydroxyl groups excluding tert-OH is 1. The number of carbonyl (C=O) groups is 1. The van der Waals surface area contributed by atoms with Crippen LogP contribution in [0.5, 0.6) is 0 Å². The predicted octanol–water partition coefficient (Wildman–Crippen LogP) is 1.79. The Morgan fingerprint density at radius 3 is 2.86 bits per heavy atom. The van der Waals surface area contributed by atoms with Gasteiger partial charge in [0, 0.05) is 10.0 Å². The lowest BCUT2D eigenvalue weighted by atomic mass is 10.1. The van der Waals surface area contributed by atoms with Crippen molar-refractivity contribution >= 4 is 21.9 Å². The standard InChI is InChI=1S/C9H8BrFO3/c1-14-9(13)8(12)6-4-5(11)2-3-7(6)10/h2-4,8,12H,1H3/t8-/m1/s1. The first-order chi connectivity index (χ1) is 6.56. The molecule has 14 heavy (non-hydrogen) atoms. The first-order valence-electron chi connectivity index (χ1n) is 3.77. The van der Waals surface area contributed by atoms with Gasteiger partial charge in [-0.2, -0.15) is 0 Å². The van der Waals surface area contributed by atoms with Crippen LogP contribution in [0.25, 0.3) is 0 Å². The quantitative estimate of drug-likeness (QED) is 0.827. The van der Waals surface area contributed by atoms with E-state index >= 15 is 0 Å². The summed E-state index contributed by atoms with van der Waals surface area (Å²) in [5.74, 6) is -1.34. The highest BCUT2D eigenvalue weighted by molar-refractivity contribution is 9.10. The molecule has 1 atom stereocenters. The Morgan fingerprint density at radius 2 is 2.29 bits per heavy atom. The van der Waals surface area contributed by atoms with Gasteiger partial charge in [0.25, 0.3) is 0 Å². The molecule has 0 saturated heterocycles. The summed E-state index contributed by atoms with van der Waals surface area (Å²) in [6, 6.07) is 3.71. The lowest BCUT2D eigenvalue weighted by Crippen LogP contribution is -2.14. The first kappa shape index (κ1) is 11.1. The normalized spacial score (nSPS) is 12.3. The molecular formula is C9H8BrFO3. The van der Waals surface area contributed by atoms with E-state index in [-0.39, 0.29) is 5.56 Å². The van der Waals surface area contributed by atoms with Crippen LogP contribution < -0.4 is 0 Å². The second-order valence-corrected chi connectivity index (χ2v) is 3.45. The zero-order chi connectivity index (χ0) is 10.7. The van der Waals surface area contributed by atoms with Crippen molar-refractivity contribution in [3.8, 4) is 0 Å². The molecule has 0 saturated carbocycles. The van der Waals surface area contributed by atoms with E-state index in [0.29, 0.717) is 4.47 Å². The van der Waals surface area contributed by atoms with Gasteiger partial charge in [-0.05, 0) is 18.2 Å². The van der Waals surface area contributed by atoms with Crippen LogP contribution in [-0.2, 0) is 9.53 Å². The maximum atomic E-state index is 12.8. The van der Waals surface area contributed by atoms with Crippen LogP contribution in [-0.4, -0.2) is 18.2 Å². The van der Waals surface area contributed by atoms with Gasteiger partial charge in [-0.1, -0.05) is 15.9 Å². The van der Waals surface area contributed by atoms with Crippen molar-refractivity contribution < 1.29 is 19.0 Å². The molecule has 1 aromatic carbocycles. The van der Waals surface area contributed by atoms with E-state index in [4.69, 9.17) is 0 Å². The van der Waals surface area contributed by atoms with Gasteiger partial charge in [0.05, 0.1) is 7.11 Å².